The van der Waals surface area contributed by atoms with Gasteiger partial charge < -0.3 is 9.84 Å². The summed E-state index contributed by atoms with van der Waals surface area (Å²) in [5, 5.41) is 6.75. The molecule has 2 aromatic heterocycles. The third kappa shape index (κ3) is 5.42. The largest absolute Gasteiger partial charge is 0.355 e. The first-order valence-corrected chi connectivity index (χ1v) is 13.5. The van der Waals surface area contributed by atoms with Gasteiger partial charge in [0.25, 0.3) is 0 Å². The molecule has 1 N–H and O–H groups in total. The number of aryl methyl sites for hydroxylation is 5. The molecule has 4 rings (SSSR count). The predicted molar refractivity (Wildman–Crippen MR) is 140 cm³/mol. The van der Waals surface area contributed by atoms with Gasteiger partial charge in [-0.25, -0.2) is 13.4 Å². The van der Waals surface area contributed by atoms with Gasteiger partial charge in [0.1, 0.15) is 11.5 Å². The van der Waals surface area contributed by atoms with Gasteiger partial charge in [-0.05, 0) is 81.9 Å². The standard InChI is InChI=1S/C27H32N4O4S/c1-17-8-11-25(28-15-17)29-27(32)22-7-6-12-31(16-22)36(33,34)26-21(5)30-35-24(26)10-9-23-19(3)13-18(2)14-20(23)4/h8-11,13-15,22H,6-7,12,16H2,1-5H3,(H,28,29,32). The van der Waals surface area contributed by atoms with E-state index in [-0.39, 0.29) is 23.1 Å². The minimum absolute atomic E-state index is 0.0439. The van der Waals surface area contributed by atoms with Crippen LogP contribution < -0.4 is 5.32 Å². The molecular formula is C27H32N4O4S. The fourth-order valence-corrected chi connectivity index (χ4v) is 6.46. The van der Waals surface area contributed by atoms with E-state index in [4.69, 9.17) is 4.52 Å². The molecule has 9 heteroatoms. The maximum absolute atomic E-state index is 13.7. The Hall–Kier alpha value is -3.30. The number of hydrogen-bond acceptors (Lipinski definition) is 6. The van der Waals surface area contributed by atoms with E-state index in [0.717, 1.165) is 22.3 Å². The van der Waals surface area contributed by atoms with Crippen LogP contribution in [0.4, 0.5) is 5.82 Å². The molecule has 1 unspecified atom stereocenters. The zero-order valence-electron chi connectivity index (χ0n) is 21.3. The van der Waals surface area contributed by atoms with Gasteiger partial charge in [-0.3, -0.25) is 4.79 Å². The Morgan fingerprint density at radius 3 is 2.47 bits per heavy atom. The van der Waals surface area contributed by atoms with Crippen molar-refractivity contribution in [1.82, 2.24) is 14.4 Å². The zero-order valence-corrected chi connectivity index (χ0v) is 22.1. The van der Waals surface area contributed by atoms with E-state index in [1.54, 1.807) is 25.3 Å². The molecule has 1 aliphatic rings. The molecule has 1 atom stereocenters. The number of sulfonamides is 1. The van der Waals surface area contributed by atoms with Crippen LogP contribution in [-0.4, -0.2) is 41.9 Å². The molecule has 0 radical (unpaired) electrons. The monoisotopic (exact) mass is 508 g/mol. The Bertz CT molecular complexity index is 1390. The summed E-state index contributed by atoms with van der Waals surface area (Å²) in [7, 11) is -3.93. The van der Waals surface area contributed by atoms with Crippen molar-refractivity contribution in [2.75, 3.05) is 18.4 Å². The fourth-order valence-electron chi connectivity index (χ4n) is 4.69. The summed E-state index contributed by atoms with van der Waals surface area (Å²) in [6.07, 6.45) is 6.39. The number of benzene rings is 1. The van der Waals surface area contributed by atoms with Crippen molar-refractivity contribution in [2.24, 2.45) is 5.92 Å². The Labute approximate surface area is 212 Å². The highest BCUT2D eigenvalue weighted by Crippen LogP contribution is 2.30. The Morgan fingerprint density at radius 1 is 1.08 bits per heavy atom. The summed E-state index contributed by atoms with van der Waals surface area (Å²) >= 11 is 0. The van der Waals surface area contributed by atoms with Crippen molar-refractivity contribution in [2.45, 2.75) is 52.4 Å². The molecule has 36 heavy (non-hydrogen) atoms. The molecule has 0 bridgehead atoms. The summed E-state index contributed by atoms with van der Waals surface area (Å²) < 4.78 is 34.2. The molecule has 3 heterocycles. The molecular weight excluding hydrogens is 476 g/mol. The highest BCUT2D eigenvalue weighted by Gasteiger charge is 2.37. The van der Waals surface area contributed by atoms with Crippen molar-refractivity contribution in [3.63, 3.8) is 0 Å². The third-order valence-electron chi connectivity index (χ3n) is 6.49. The second kappa shape index (κ2) is 10.4. The van der Waals surface area contributed by atoms with Crippen LogP contribution in [0.3, 0.4) is 0 Å². The summed E-state index contributed by atoms with van der Waals surface area (Å²) in [5.41, 5.74) is 5.65. The second-order valence-corrected chi connectivity index (χ2v) is 11.4. The Morgan fingerprint density at radius 2 is 1.81 bits per heavy atom. The van der Waals surface area contributed by atoms with E-state index < -0.39 is 15.9 Å². The molecule has 190 valence electrons. The first kappa shape index (κ1) is 25.8. The Kier molecular flexibility index (Phi) is 7.42. The van der Waals surface area contributed by atoms with Crippen LogP contribution in [0, 0.1) is 40.5 Å². The summed E-state index contributed by atoms with van der Waals surface area (Å²) in [6.45, 7) is 10.0. The van der Waals surface area contributed by atoms with E-state index >= 15 is 0 Å². The van der Waals surface area contributed by atoms with Gasteiger partial charge in [-0.2, -0.15) is 4.31 Å². The molecule has 0 aliphatic carbocycles. The van der Waals surface area contributed by atoms with Crippen LogP contribution in [-0.2, 0) is 14.8 Å². The van der Waals surface area contributed by atoms with E-state index in [1.165, 1.54) is 9.87 Å². The summed E-state index contributed by atoms with van der Waals surface area (Å²) in [6, 6.07) is 7.77. The number of rotatable bonds is 6. The van der Waals surface area contributed by atoms with Gasteiger partial charge in [0.15, 0.2) is 10.7 Å². The lowest BCUT2D eigenvalue weighted by Gasteiger charge is -2.31. The lowest BCUT2D eigenvalue weighted by atomic mass is 9.99. The minimum atomic E-state index is -3.93. The first-order chi connectivity index (χ1) is 17.1. The van der Waals surface area contributed by atoms with Crippen LogP contribution in [0.5, 0.6) is 0 Å². The lowest BCUT2D eigenvalue weighted by Crippen LogP contribution is -2.44. The maximum Gasteiger partial charge on any atom is 0.248 e. The number of piperidine rings is 1. The van der Waals surface area contributed by atoms with Crippen LogP contribution in [0.15, 0.2) is 39.9 Å². The number of aromatic nitrogens is 2. The molecule has 1 amide bonds. The van der Waals surface area contributed by atoms with Crippen molar-refractivity contribution in [3.05, 3.63) is 69.7 Å². The summed E-state index contributed by atoms with van der Waals surface area (Å²) in [5.74, 6) is -0.0794. The maximum atomic E-state index is 13.7. The smallest absolute Gasteiger partial charge is 0.248 e. The number of anilines is 1. The number of amides is 1. The second-order valence-electron chi connectivity index (χ2n) is 9.52. The predicted octanol–water partition coefficient (Wildman–Crippen LogP) is 4.82. The van der Waals surface area contributed by atoms with Gasteiger partial charge in [0, 0.05) is 19.3 Å². The van der Waals surface area contributed by atoms with Crippen LogP contribution >= 0.6 is 0 Å². The van der Waals surface area contributed by atoms with Crippen molar-refractivity contribution < 1.29 is 17.7 Å². The number of nitrogens with one attached hydrogen (secondary N) is 1. The van der Waals surface area contributed by atoms with Crippen molar-refractivity contribution >= 4 is 33.9 Å². The molecule has 0 saturated carbocycles. The average Bonchev–Trinajstić information content (AvgIpc) is 3.21. The SMILES string of the molecule is Cc1ccc(NC(=O)C2CCCN(S(=O)(=O)c3c(C)noc3C=Cc3c(C)cc(C)cc3C)C2)nc1. The highest BCUT2D eigenvalue weighted by molar-refractivity contribution is 7.89. The van der Waals surface area contributed by atoms with Gasteiger partial charge in [-0.1, -0.05) is 35.0 Å². The number of pyridine rings is 1. The Balaban J connectivity index is 1.56. The van der Waals surface area contributed by atoms with Gasteiger partial charge in [0.2, 0.25) is 15.9 Å². The molecule has 1 aliphatic heterocycles. The average molecular weight is 509 g/mol. The van der Waals surface area contributed by atoms with Crippen LogP contribution in [0.1, 0.15) is 52.1 Å². The topological polar surface area (TPSA) is 105 Å². The molecule has 8 nitrogen and oxygen atoms in total. The third-order valence-corrected chi connectivity index (χ3v) is 8.51. The van der Waals surface area contributed by atoms with Crippen LogP contribution in [0.2, 0.25) is 0 Å². The lowest BCUT2D eigenvalue weighted by molar-refractivity contribution is -0.120. The van der Waals surface area contributed by atoms with Gasteiger partial charge in [0.05, 0.1) is 5.92 Å². The molecule has 3 aromatic rings. The van der Waals surface area contributed by atoms with E-state index in [9.17, 15) is 13.2 Å². The quantitative estimate of drug-likeness (QED) is 0.512. The first-order valence-electron chi connectivity index (χ1n) is 12.0. The van der Waals surface area contributed by atoms with Crippen molar-refractivity contribution in [1.29, 1.82) is 0 Å². The number of hydrogen-bond donors (Lipinski definition) is 1. The summed E-state index contributed by atoms with van der Waals surface area (Å²) in [4.78, 5) is 17.1. The molecule has 1 fully saturated rings. The number of carbonyl (C=O) groups is 1. The number of nitrogens with zero attached hydrogens (tertiary/aromatic N) is 3. The van der Waals surface area contributed by atoms with E-state index in [0.29, 0.717) is 30.9 Å². The molecule has 1 aromatic carbocycles. The zero-order chi connectivity index (χ0) is 26.0. The molecule has 1 saturated heterocycles. The van der Waals surface area contributed by atoms with Gasteiger partial charge in [-0.15, -0.1) is 0 Å². The van der Waals surface area contributed by atoms with Crippen LogP contribution in [0.25, 0.3) is 12.2 Å². The highest BCUT2D eigenvalue weighted by atomic mass is 32.2. The number of carbonyl (C=O) groups excluding carboxylic acids is 1. The minimum Gasteiger partial charge on any atom is -0.355 e. The van der Waals surface area contributed by atoms with Gasteiger partial charge >= 0.3 is 0 Å². The fraction of sp³-hybridized carbons (Fsp3) is 0.370. The van der Waals surface area contributed by atoms with Crippen molar-refractivity contribution in [3.8, 4) is 0 Å². The molecule has 0 spiro atoms. The normalized spacial score (nSPS) is 17.0. The van der Waals surface area contributed by atoms with E-state index in [1.807, 2.05) is 39.8 Å². The van der Waals surface area contributed by atoms with E-state index in [2.05, 4.69) is 27.6 Å².